The molecule has 0 spiro atoms. The minimum atomic E-state index is 0.400. The minimum Gasteiger partial charge on any atom is -0.457 e. The first-order valence-electron chi connectivity index (χ1n) is 4.47. The first kappa shape index (κ1) is 11.3. The second kappa shape index (κ2) is 6.68. The Hall–Kier alpha value is -0.740. The molecule has 0 unspecified atom stereocenters. The normalized spacial score (nSPS) is 10.4. The summed E-state index contributed by atoms with van der Waals surface area (Å²) in [7, 11) is 1.70. The highest BCUT2D eigenvalue weighted by Gasteiger charge is 2.00. The monoisotopic (exact) mass is 214 g/mol. The first-order chi connectivity index (χ1) is 6.86. The molecule has 0 atom stereocenters. The van der Waals surface area contributed by atoms with Gasteiger partial charge in [0.25, 0.3) is 0 Å². The van der Waals surface area contributed by atoms with Crippen molar-refractivity contribution in [1.82, 2.24) is 0 Å². The molecule has 1 aromatic rings. The molecule has 0 amide bonds. The van der Waals surface area contributed by atoms with Crippen LogP contribution in [0.2, 0.25) is 0 Å². The van der Waals surface area contributed by atoms with Gasteiger partial charge in [0.05, 0.1) is 5.75 Å². The van der Waals surface area contributed by atoms with Crippen LogP contribution < -0.4 is 0 Å². The molecular weight excluding hydrogens is 200 g/mol. The molecule has 4 heteroatoms. The lowest BCUT2D eigenvalue weighted by atomic mass is 10.4. The summed E-state index contributed by atoms with van der Waals surface area (Å²) in [5.74, 6) is 3.12. The van der Waals surface area contributed by atoms with E-state index in [4.69, 9.17) is 9.15 Å². The van der Waals surface area contributed by atoms with Gasteiger partial charge >= 0.3 is 0 Å². The number of carbonyl (C=O) groups is 1. The second-order valence-corrected chi connectivity index (χ2v) is 3.93. The SMILES string of the molecule is COCCCSCc1ccc(C=O)o1. The number of ether oxygens (including phenoxy) is 1. The van der Waals surface area contributed by atoms with E-state index in [2.05, 4.69) is 0 Å². The molecule has 0 fully saturated rings. The molecule has 0 saturated heterocycles. The van der Waals surface area contributed by atoms with Crippen molar-refractivity contribution in [2.75, 3.05) is 19.5 Å². The number of carbonyl (C=O) groups excluding carboxylic acids is 1. The van der Waals surface area contributed by atoms with Crippen LogP contribution in [0.1, 0.15) is 22.7 Å². The van der Waals surface area contributed by atoms with E-state index < -0.39 is 0 Å². The molecule has 0 N–H and O–H groups in total. The summed E-state index contributed by atoms with van der Waals surface area (Å²) >= 11 is 1.78. The zero-order chi connectivity index (χ0) is 10.2. The molecule has 1 heterocycles. The van der Waals surface area contributed by atoms with E-state index >= 15 is 0 Å². The summed E-state index contributed by atoms with van der Waals surface area (Å²) in [4.78, 5) is 10.3. The Morgan fingerprint density at radius 3 is 3.07 bits per heavy atom. The summed E-state index contributed by atoms with van der Waals surface area (Å²) < 4.78 is 10.2. The molecule has 0 saturated carbocycles. The van der Waals surface area contributed by atoms with Gasteiger partial charge in [-0.15, -0.1) is 0 Å². The van der Waals surface area contributed by atoms with Crippen molar-refractivity contribution < 1.29 is 13.9 Å². The highest BCUT2D eigenvalue weighted by atomic mass is 32.2. The quantitative estimate of drug-likeness (QED) is 0.516. The summed E-state index contributed by atoms with van der Waals surface area (Å²) in [6.07, 6.45) is 1.77. The van der Waals surface area contributed by atoms with Gasteiger partial charge in [0.1, 0.15) is 5.76 Å². The third-order valence-corrected chi connectivity index (χ3v) is 2.75. The van der Waals surface area contributed by atoms with Crippen molar-refractivity contribution in [2.24, 2.45) is 0 Å². The Labute approximate surface area is 87.8 Å². The summed E-state index contributed by atoms with van der Waals surface area (Å²) in [6, 6.07) is 3.53. The molecule has 0 radical (unpaired) electrons. The molecule has 0 aliphatic rings. The molecule has 78 valence electrons. The Kier molecular flexibility index (Phi) is 5.40. The van der Waals surface area contributed by atoms with Crippen molar-refractivity contribution in [2.45, 2.75) is 12.2 Å². The molecule has 1 rings (SSSR count). The van der Waals surface area contributed by atoms with E-state index in [-0.39, 0.29) is 0 Å². The van der Waals surface area contributed by atoms with Crippen molar-refractivity contribution >= 4 is 18.0 Å². The van der Waals surface area contributed by atoms with Crippen LogP contribution in [0.15, 0.2) is 16.5 Å². The van der Waals surface area contributed by atoms with Gasteiger partial charge < -0.3 is 9.15 Å². The fourth-order valence-electron chi connectivity index (χ4n) is 1.01. The summed E-state index contributed by atoms with van der Waals surface area (Å²) in [5, 5.41) is 0. The largest absolute Gasteiger partial charge is 0.457 e. The van der Waals surface area contributed by atoms with E-state index in [0.29, 0.717) is 5.76 Å². The van der Waals surface area contributed by atoms with Gasteiger partial charge in [-0.1, -0.05) is 0 Å². The van der Waals surface area contributed by atoms with Crippen LogP contribution in [0.25, 0.3) is 0 Å². The van der Waals surface area contributed by atoms with Crippen LogP contribution in [-0.4, -0.2) is 25.8 Å². The second-order valence-electron chi connectivity index (χ2n) is 2.82. The topological polar surface area (TPSA) is 39.4 Å². The Morgan fingerprint density at radius 2 is 2.43 bits per heavy atom. The first-order valence-corrected chi connectivity index (χ1v) is 5.63. The Balaban J connectivity index is 2.14. The average Bonchev–Trinajstić information content (AvgIpc) is 2.65. The molecule has 0 bridgehead atoms. The van der Waals surface area contributed by atoms with Gasteiger partial charge in [-0.25, -0.2) is 0 Å². The van der Waals surface area contributed by atoms with E-state index in [9.17, 15) is 4.79 Å². The molecule has 3 nitrogen and oxygen atoms in total. The van der Waals surface area contributed by atoms with Crippen molar-refractivity contribution in [3.63, 3.8) is 0 Å². The standard InChI is InChI=1S/C10H14O3S/c1-12-5-2-6-14-8-10-4-3-9(7-11)13-10/h3-4,7H,2,5-6,8H2,1H3. The number of rotatable bonds is 7. The third-order valence-electron chi connectivity index (χ3n) is 1.68. The molecule has 14 heavy (non-hydrogen) atoms. The maximum Gasteiger partial charge on any atom is 0.185 e. The predicted octanol–water partition coefficient (Wildman–Crippen LogP) is 2.36. The Bertz CT molecular complexity index is 270. The number of hydrogen-bond acceptors (Lipinski definition) is 4. The number of aldehydes is 1. The third kappa shape index (κ3) is 3.98. The average molecular weight is 214 g/mol. The minimum absolute atomic E-state index is 0.400. The van der Waals surface area contributed by atoms with E-state index in [1.165, 1.54) is 0 Å². The van der Waals surface area contributed by atoms with Crippen molar-refractivity contribution in [3.8, 4) is 0 Å². The van der Waals surface area contributed by atoms with Crippen molar-refractivity contribution in [3.05, 3.63) is 23.7 Å². The van der Waals surface area contributed by atoms with Crippen LogP contribution in [0.4, 0.5) is 0 Å². The van der Waals surface area contributed by atoms with Gasteiger partial charge in [0.15, 0.2) is 12.0 Å². The zero-order valence-corrected chi connectivity index (χ0v) is 9.01. The van der Waals surface area contributed by atoms with Crippen LogP contribution in [0, 0.1) is 0 Å². The zero-order valence-electron chi connectivity index (χ0n) is 8.19. The highest BCUT2D eigenvalue weighted by Crippen LogP contribution is 2.15. The number of methoxy groups -OCH3 is 1. The lowest BCUT2D eigenvalue weighted by Crippen LogP contribution is -1.90. The van der Waals surface area contributed by atoms with Crippen LogP contribution in [0.5, 0.6) is 0 Å². The maximum atomic E-state index is 10.3. The highest BCUT2D eigenvalue weighted by molar-refractivity contribution is 7.98. The van der Waals surface area contributed by atoms with Gasteiger partial charge in [-0.2, -0.15) is 11.8 Å². The van der Waals surface area contributed by atoms with Gasteiger partial charge in [-0.3, -0.25) is 4.79 Å². The smallest absolute Gasteiger partial charge is 0.185 e. The fraction of sp³-hybridized carbons (Fsp3) is 0.500. The molecule has 0 aliphatic heterocycles. The van der Waals surface area contributed by atoms with Crippen LogP contribution >= 0.6 is 11.8 Å². The van der Waals surface area contributed by atoms with E-state index in [1.54, 1.807) is 24.9 Å². The lowest BCUT2D eigenvalue weighted by Gasteiger charge is -1.98. The molecule has 0 aromatic carbocycles. The molecule has 0 aliphatic carbocycles. The van der Waals surface area contributed by atoms with Crippen LogP contribution in [0.3, 0.4) is 0 Å². The molecule has 1 aromatic heterocycles. The van der Waals surface area contributed by atoms with Crippen molar-refractivity contribution in [1.29, 1.82) is 0 Å². The lowest BCUT2D eigenvalue weighted by molar-refractivity contribution is 0.109. The number of hydrogen-bond donors (Lipinski definition) is 0. The van der Waals surface area contributed by atoms with E-state index in [0.717, 1.165) is 36.6 Å². The summed E-state index contributed by atoms with van der Waals surface area (Å²) in [5.41, 5.74) is 0. The summed E-state index contributed by atoms with van der Waals surface area (Å²) in [6.45, 7) is 0.796. The number of thioether (sulfide) groups is 1. The molecular formula is C10H14O3S. The fourth-order valence-corrected chi connectivity index (χ4v) is 1.84. The van der Waals surface area contributed by atoms with Gasteiger partial charge in [0, 0.05) is 13.7 Å². The van der Waals surface area contributed by atoms with Gasteiger partial charge in [-0.05, 0) is 24.3 Å². The predicted molar refractivity (Wildman–Crippen MR) is 56.8 cm³/mol. The van der Waals surface area contributed by atoms with Gasteiger partial charge in [0.2, 0.25) is 0 Å². The Morgan fingerprint density at radius 1 is 1.57 bits per heavy atom. The maximum absolute atomic E-state index is 10.3. The van der Waals surface area contributed by atoms with Crippen LogP contribution in [-0.2, 0) is 10.5 Å². The van der Waals surface area contributed by atoms with E-state index in [1.807, 2.05) is 6.07 Å². The number of furan rings is 1.